The fraction of sp³-hybridized carbons (Fsp3) is 0.800. The maximum absolute atomic E-state index is 5.77. The smallest absolute Gasteiger partial charge is 0.0554 e. The van der Waals surface area contributed by atoms with Crippen molar-refractivity contribution in [2.75, 3.05) is 0 Å². The number of rotatable bonds is 0. The van der Waals surface area contributed by atoms with Crippen LogP contribution in [0.4, 0.5) is 0 Å². The van der Waals surface area contributed by atoms with Crippen molar-refractivity contribution in [1.29, 1.82) is 5.41 Å². The summed E-state index contributed by atoms with van der Waals surface area (Å²) in [7, 11) is 0. The third-order valence-corrected chi connectivity index (χ3v) is 5.98. The molecule has 0 aromatic rings. The summed E-state index contributed by atoms with van der Waals surface area (Å²) in [5, 5.41) is 7.36. The van der Waals surface area contributed by atoms with E-state index in [9.17, 15) is 0 Å². The van der Waals surface area contributed by atoms with E-state index in [0.717, 1.165) is 29.1 Å². The molecule has 4 bridgehead atoms. The first-order chi connectivity index (χ1) is 8.14. The van der Waals surface area contributed by atoms with Crippen molar-refractivity contribution >= 4 is 17.4 Å². The highest BCUT2D eigenvalue weighted by Crippen LogP contribution is 2.75. The molecule has 92 valence electrons. The molecule has 5 atom stereocenters. The molecule has 2 heteroatoms. The summed E-state index contributed by atoms with van der Waals surface area (Å²) >= 11 is 3.81. The van der Waals surface area contributed by atoms with Gasteiger partial charge in [0.15, 0.2) is 0 Å². The number of nitrogens with one attached hydrogen (secondary N) is 1. The first-order valence-corrected chi connectivity index (χ1v) is 7.32. The van der Waals surface area contributed by atoms with Crippen molar-refractivity contribution in [3.05, 3.63) is 11.1 Å². The summed E-state index contributed by atoms with van der Waals surface area (Å²) in [6.45, 7) is 4.96. The van der Waals surface area contributed by atoms with Crippen LogP contribution in [0.2, 0.25) is 0 Å². The van der Waals surface area contributed by atoms with E-state index in [4.69, 9.17) is 5.41 Å². The SMILES string of the molecule is CC1CCC23CC4CC2C(C)C4=C3C1.N=C=S. The van der Waals surface area contributed by atoms with Gasteiger partial charge < -0.3 is 0 Å². The van der Waals surface area contributed by atoms with Gasteiger partial charge in [-0.2, -0.15) is 0 Å². The quantitative estimate of drug-likeness (QED) is 0.382. The summed E-state index contributed by atoms with van der Waals surface area (Å²) in [6.07, 6.45) is 7.64. The molecule has 5 aliphatic carbocycles. The van der Waals surface area contributed by atoms with Crippen LogP contribution in [0, 0.1) is 34.5 Å². The highest BCUT2D eigenvalue weighted by molar-refractivity contribution is 7.78. The lowest BCUT2D eigenvalue weighted by Gasteiger charge is -2.40. The van der Waals surface area contributed by atoms with Gasteiger partial charge in [0.25, 0.3) is 0 Å². The second-order valence-electron chi connectivity index (χ2n) is 6.57. The average molecular weight is 247 g/mol. The number of hydrogen-bond acceptors (Lipinski definition) is 2. The Morgan fingerprint density at radius 2 is 2.12 bits per heavy atom. The van der Waals surface area contributed by atoms with Gasteiger partial charge in [0.05, 0.1) is 5.16 Å². The molecule has 17 heavy (non-hydrogen) atoms. The lowest BCUT2D eigenvalue weighted by atomic mass is 9.65. The van der Waals surface area contributed by atoms with Crippen LogP contribution in [0.15, 0.2) is 11.1 Å². The van der Waals surface area contributed by atoms with Crippen molar-refractivity contribution in [3.63, 3.8) is 0 Å². The molecule has 0 amide bonds. The molecule has 5 rings (SSSR count). The minimum Gasteiger partial charge on any atom is -0.248 e. The van der Waals surface area contributed by atoms with E-state index in [1.807, 2.05) is 11.1 Å². The number of hydrogen-bond donors (Lipinski definition) is 1. The van der Waals surface area contributed by atoms with Gasteiger partial charge in [0.2, 0.25) is 0 Å². The second kappa shape index (κ2) is 3.76. The van der Waals surface area contributed by atoms with Crippen molar-refractivity contribution in [2.24, 2.45) is 29.1 Å². The van der Waals surface area contributed by atoms with Crippen molar-refractivity contribution in [3.8, 4) is 0 Å². The second-order valence-corrected chi connectivity index (χ2v) is 6.78. The van der Waals surface area contributed by atoms with Gasteiger partial charge in [-0.15, -0.1) is 0 Å². The Hall–Kier alpha value is -0.460. The molecule has 0 saturated heterocycles. The van der Waals surface area contributed by atoms with Crippen LogP contribution in [0.5, 0.6) is 0 Å². The Morgan fingerprint density at radius 3 is 2.76 bits per heavy atom. The van der Waals surface area contributed by atoms with Gasteiger partial charge >= 0.3 is 0 Å². The van der Waals surface area contributed by atoms with Gasteiger partial charge in [-0.3, -0.25) is 0 Å². The Balaban J connectivity index is 0.000000276. The highest BCUT2D eigenvalue weighted by Gasteiger charge is 2.65. The summed E-state index contributed by atoms with van der Waals surface area (Å²) in [6, 6.07) is 0. The summed E-state index contributed by atoms with van der Waals surface area (Å²) in [5.41, 5.74) is 4.71. The van der Waals surface area contributed by atoms with Crippen LogP contribution in [0.1, 0.15) is 46.0 Å². The van der Waals surface area contributed by atoms with E-state index in [-0.39, 0.29) is 0 Å². The molecule has 0 heterocycles. The largest absolute Gasteiger partial charge is 0.248 e. The van der Waals surface area contributed by atoms with Crippen LogP contribution in [0.25, 0.3) is 0 Å². The molecule has 5 aliphatic rings. The van der Waals surface area contributed by atoms with E-state index >= 15 is 0 Å². The van der Waals surface area contributed by atoms with Crippen molar-refractivity contribution < 1.29 is 0 Å². The Bertz CT molecular complexity index is 415. The molecule has 5 unspecified atom stereocenters. The molecule has 0 radical (unpaired) electrons. The van der Waals surface area contributed by atoms with Crippen LogP contribution in [-0.4, -0.2) is 5.16 Å². The molecule has 3 saturated carbocycles. The summed E-state index contributed by atoms with van der Waals surface area (Å²) in [5.74, 6) is 4.10. The molecule has 0 aromatic heterocycles. The number of isothiocyanates is 1. The minimum atomic E-state index is 0.770. The van der Waals surface area contributed by atoms with Gasteiger partial charge in [0, 0.05) is 0 Å². The van der Waals surface area contributed by atoms with E-state index in [2.05, 4.69) is 26.1 Å². The van der Waals surface area contributed by atoms with Gasteiger partial charge in [0.1, 0.15) is 0 Å². The van der Waals surface area contributed by atoms with Gasteiger partial charge in [-0.05, 0) is 73.4 Å². The lowest BCUT2D eigenvalue weighted by molar-refractivity contribution is 0.169. The summed E-state index contributed by atoms with van der Waals surface area (Å²) in [4.78, 5) is 0. The molecule has 0 aliphatic heterocycles. The van der Waals surface area contributed by atoms with E-state index < -0.39 is 0 Å². The van der Waals surface area contributed by atoms with Crippen LogP contribution in [0.3, 0.4) is 0 Å². The molecule has 1 N–H and O–H groups in total. The zero-order chi connectivity index (χ0) is 12.2. The number of thiocarbonyl (C=S) groups is 1. The first kappa shape index (κ1) is 11.6. The Morgan fingerprint density at radius 1 is 1.41 bits per heavy atom. The summed E-state index contributed by atoms with van der Waals surface area (Å²) < 4.78 is 0. The van der Waals surface area contributed by atoms with Crippen LogP contribution >= 0.6 is 12.2 Å². The fourth-order valence-corrected chi connectivity index (χ4v) is 5.58. The number of allylic oxidation sites excluding steroid dienone is 2. The topological polar surface area (TPSA) is 23.9 Å². The maximum Gasteiger partial charge on any atom is 0.0554 e. The monoisotopic (exact) mass is 247 g/mol. The molecule has 3 fully saturated rings. The molecule has 1 spiro atoms. The highest BCUT2D eigenvalue weighted by atomic mass is 32.1. The van der Waals surface area contributed by atoms with Crippen LogP contribution in [-0.2, 0) is 0 Å². The van der Waals surface area contributed by atoms with Crippen LogP contribution < -0.4 is 0 Å². The average Bonchev–Trinajstić information content (AvgIpc) is 2.93. The predicted octanol–water partition coefficient (Wildman–Crippen LogP) is 4.45. The van der Waals surface area contributed by atoms with Crippen molar-refractivity contribution in [1.82, 2.24) is 0 Å². The predicted molar refractivity (Wildman–Crippen MR) is 73.2 cm³/mol. The first-order valence-electron chi connectivity index (χ1n) is 6.91. The lowest BCUT2D eigenvalue weighted by Crippen LogP contribution is -2.30. The standard InChI is InChI=1S/C14H20.CHNS/c1-8-3-4-14-7-10-6-11(14)9(2)13(10)12(14)5-8;2-1-3/h8-11H,3-7H2,1-2H3;2H. The normalized spacial score (nSPS) is 48.8. The zero-order valence-corrected chi connectivity index (χ0v) is 11.6. The maximum atomic E-state index is 5.77. The Kier molecular flexibility index (Phi) is 2.57. The third-order valence-electron chi connectivity index (χ3n) is 5.98. The zero-order valence-electron chi connectivity index (χ0n) is 10.8. The molecule has 1 nitrogen and oxygen atoms in total. The van der Waals surface area contributed by atoms with E-state index in [1.165, 1.54) is 12.8 Å². The van der Waals surface area contributed by atoms with Gasteiger partial charge in [-0.1, -0.05) is 25.0 Å². The van der Waals surface area contributed by atoms with E-state index in [0.29, 0.717) is 0 Å². The molecular formula is C15H21NS. The Labute approximate surface area is 109 Å². The van der Waals surface area contributed by atoms with Crippen molar-refractivity contribution in [2.45, 2.75) is 46.0 Å². The van der Waals surface area contributed by atoms with E-state index in [1.54, 1.807) is 24.4 Å². The van der Waals surface area contributed by atoms with Gasteiger partial charge in [-0.25, -0.2) is 5.41 Å². The fourth-order valence-electron chi connectivity index (χ4n) is 5.58. The minimum absolute atomic E-state index is 0.770. The third kappa shape index (κ3) is 1.32. The molecular weight excluding hydrogens is 226 g/mol. The molecule has 0 aromatic carbocycles.